The van der Waals surface area contributed by atoms with E-state index in [1.807, 2.05) is 64.1 Å². The molecule has 0 atom stereocenters. The fourth-order valence-corrected chi connectivity index (χ4v) is 2.90. The average molecular weight is 434 g/mol. The number of nitrogens with one attached hydrogen (secondary N) is 2. The van der Waals surface area contributed by atoms with Gasteiger partial charge < -0.3 is 20.1 Å². The number of aromatic nitrogens is 1. The summed E-state index contributed by atoms with van der Waals surface area (Å²) in [5.41, 5.74) is 2.17. The topological polar surface area (TPSA) is 89.5 Å². The second-order valence-corrected chi connectivity index (χ2v) is 8.26. The maximum atomic E-state index is 12.5. The summed E-state index contributed by atoms with van der Waals surface area (Å²) in [6, 6.07) is 19.7. The molecule has 0 spiro atoms. The molecule has 2 aromatic carbocycles. The molecule has 3 aromatic rings. The quantitative estimate of drug-likeness (QED) is 0.539. The molecule has 1 aromatic heterocycles. The third-order valence-corrected chi connectivity index (χ3v) is 4.18. The van der Waals surface area contributed by atoms with Crippen molar-refractivity contribution in [2.45, 2.75) is 39.8 Å². The van der Waals surface area contributed by atoms with E-state index in [0.717, 1.165) is 11.3 Å². The van der Waals surface area contributed by atoms with Crippen LogP contribution in [0.25, 0.3) is 0 Å². The van der Waals surface area contributed by atoms with E-state index in [1.165, 1.54) is 0 Å². The normalized spacial score (nSPS) is 10.9. The standard InChI is InChI=1S/C25H27N3O4/c1-17-13-18(16-26-24(30)32-25(2,3)4)14-22(27-17)31-21-12-8-9-19(15-21)23(29)28-20-10-6-5-7-11-20/h5-15H,16H2,1-4H3,(H,26,30)(H,28,29). The highest BCUT2D eigenvalue weighted by Crippen LogP contribution is 2.23. The maximum Gasteiger partial charge on any atom is 0.407 e. The average Bonchev–Trinajstić information content (AvgIpc) is 2.71. The van der Waals surface area contributed by atoms with E-state index in [2.05, 4.69) is 15.6 Å². The Morgan fingerprint density at radius 2 is 1.72 bits per heavy atom. The van der Waals surface area contributed by atoms with Gasteiger partial charge in [-0.1, -0.05) is 24.3 Å². The molecular formula is C25H27N3O4. The zero-order chi connectivity index (χ0) is 23.1. The van der Waals surface area contributed by atoms with E-state index in [9.17, 15) is 9.59 Å². The van der Waals surface area contributed by atoms with Gasteiger partial charge in [-0.05, 0) is 69.7 Å². The number of nitrogens with zero attached hydrogens (tertiary/aromatic N) is 1. The first-order valence-corrected chi connectivity index (χ1v) is 10.3. The first-order chi connectivity index (χ1) is 15.2. The summed E-state index contributed by atoms with van der Waals surface area (Å²) in [7, 11) is 0. The summed E-state index contributed by atoms with van der Waals surface area (Å²) < 4.78 is 11.2. The van der Waals surface area contributed by atoms with Gasteiger partial charge in [0.05, 0.1) is 0 Å². The van der Waals surface area contributed by atoms with Crippen LogP contribution in [0.3, 0.4) is 0 Å². The summed E-state index contributed by atoms with van der Waals surface area (Å²) in [6.07, 6.45) is -0.494. The number of benzene rings is 2. The SMILES string of the molecule is Cc1cc(CNC(=O)OC(C)(C)C)cc(Oc2cccc(C(=O)Nc3ccccc3)c2)n1. The minimum atomic E-state index is -0.565. The summed E-state index contributed by atoms with van der Waals surface area (Å²) in [5, 5.41) is 5.57. The third-order valence-electron chi connectivity index (χ3n) is 4.18. The number of ether oxygens (including phenoxy) is 2. The van der Waals surface area contributed by atoms with Crippen LogP contribution >= 0.6 is 0 Å². The van der Waals surface area contributed by atoms with Crippen LogP contribution in [0.15, 0.2) is 66.7 Å². The first kappa shape index (κ1) is 22.8. The lowest BCUT2D eigenvalue weighted by Gasteiger charge is -2.19. The Bertz CT molecular complexity index is 1090. The van der Waals surface area contributed by atoms with Gasteiger partial charge in [-0.2, -0.15) is 0 Å². The maximum absolute atomic E-state index is 12.5. The Hall–Kier alpha value is -3.87. The van der Waals surface area contributed by atoms with Crippen molar-refractivity contribution >= 4 is 17.7 Å². The summed E-state index contributed by atoms with van der Waals surface area (Å²) >= 11 is 0. The van der Waals surface area contributed by atoms with Crippen molar-refractivity contribution in [1.82, 2.24) is 10.3 Å². The number of para-hydroxylation sites is 1. The second-order valence-electron chi connectivity index (χ2n) is 8.26. The van der Waals surface area contributed by atoms with Gasteiger partial charge >= 0.3 is 6.09 Å². The van der Waals surface area contributed by atoms with Crippen LogP contribution in [0.5, 0.6) is 11.6 Å². The zero-order valence-corrected chi connectivity index (χ0v) is 18.6. The number of pyridine rings is 1. The van der Waals surface area contributed by atoms with Crippen molar-refractivity contribution in [2.24, 2.45) is 0 Å². The smallest absolute Gasteiger partial charge is 0.407 e. The predicted molar refractivity (Wildman–Crippen MR) is 123 cm³/mol. The Labute approximate surface area is 187 Å². The Morgan fingerprint density at radius 1 is 0.969 bits per heavy atom. The Balaban J connectivity index is 1.67. The number of aryl methyl sites for hydroxylation is 1. The minimum Gasteiger partial charge on any atom is -0.444 e. The number of hydrogen-bond donors (Lipinski definition) is 2. The van der Waals surface area contributed by atoms with Crippen LogP contribution in [0.4, 0.5) is 10.5 Å². The molecule has 7 heteroatoms. The van der Waals surface area contributed by atoms with E-state index >= 15 is 0 Å². The van der Waals surface area contributed by atoms with Crippen LogP contribution in [-0.2, 0) is 11.3 Å². The van der Waals surface area contributed by atoms with Crippen molar-refractivity contribution in [3.63, 3.8) is 0 Å². The van der Waals surface area contributed by atoms with E-state index in [0.29, 0.717) is 22.9 Å². The van der Waals surface area contributed by atoms with Gasteiger partial charge in [0.25, 0.3) is 5.91 Å². The van der Waals surface area contributed by atoms with Crippen molar-refractivity contribution < 1.29 is 19.1 Å². The number of amides is 2. The number of carbonyl (C=O) groups is 2. The van der Waals surface area contributed by atoms with Crippen molar-refractivity contribution in [3.8, 4) is 11.6 Å². The Kier molecular flexibility index (Phi) is 7.10. The van der Waals surface area contributed by atoms with Gasteiger partial charge in [0.1, 0.15) is 11.4 Å². The number of rotatable bonds is 6. The highest BCUT2D eigenvalue weighted by molar-refractivity contribution is 6.04. The van der Waals surface area contributed by atoms with E-state index in [-0.39, 0.29) is 12.5 Å². The number of carbonyl (C=O) groups excluding carboxylic acids is 2. The van der Waals surface area contributed by atoms with Crippen molar-refractivity contribution in [1.29, 1.82) is 0 Å². The fourth-order valence-electron chi connectivity index (χ4n) is 2.90. The molecule has 32 heavy (non-hydrogen) atoms. The number of alkyl carbamates (subject to hydrolysis) is 1. The molecule has 2 N–H and O–H groups in total. The van der Waals surface area contributed by atoms with Crippen LogP contribution in [0.2, 0.25) is 0 Å². The third kappa shape index (κ3) is 7.12. The molecule has 0 saturated carbocycles. The molecule has 0 aliphatic heterocycles. The first-order valence-electron chi connectivity index (χ1n) is 10.3. The molecule has 7 nitrogen and oxygen atoms in total. The fraction of sp³-hybridized carbons (Fsp3) is 0.240. The van der Waals surface area contributed by atoms with Gasteiger partial charge in [-0.3, -0.25) is 4.79 Å². The molecule has 0 bridgehead atoms. The highest BCUT2D eigenvalue weighted by Gasteiger charge is 2.16. The van der Waals surface area contributed by atoms with Gasteiger partial charge in [0.2, 0.25) is 5.88 Å². The molecule has 0 aliphatic rings. The van der Waals surface area contributed by atoms with E-state index < -0.39 is 11.7 Å². The van der Waals surface area contributed by atoms with E-state index in [1.54, 1.807) is 30.3 Å². The lowest BCUT2D eigenvalue weighted by atomic mass is 10.2. The van der Waals surface area contributed by atoms with E-state index in [4.69, 9.17) is 9.47 Å². The largest absolute Gasteiger partial charge is 0.444 e. The number of anilines is 1. The van der Waals surface area contributed by atoms with Crippen LogP contribution in [0, 0.1) is 6.92 Å². The summed E-state index contributed by atoms with van der Waals surface area (Å²) in [5.74, 6) is 0.613. The number of hydrogen-bond acceptors (Lipinski definition) is 5. The Morgan fingerprint density at radius 3 is 2.44 bits per heavy atom. The van der Waals surface area contributed by atoms with Crippen molar-refractivity contribution in [2.75, 3.05) is 5.32 Å². The molecular weight excluding hydrogens is 406 g/mol. The van der Waals surface area contributed by atoms with Crippen LogP contribution in [-0.4, -0.2) is 22.6 Å². The molecule has 166 valence electrons. The molecule has 0 aliphatic carbocycles. The van der Waals surface area contributed by atoms with Gasteiger partial charge in [-0.15, -0.1) is 0 Å². The summed E-state index contributed by atoms with van der Waals surface area (Å²) in [4.78, 5) is 28.8. The van der Waals surface area contributed by atoms with Gasteiger partial charge in [0.15, 0.2) is 0 Å². The lowest BCUT2D eigenvalue weighted by molar-refractivity contribution is 0.0523. The van der Waals surface area contributed by atoms with Crippen LogP contribution in [0.1, 0.15) is 42.4 Å². The molecule has 0 unspecified atom stereocenters. The zero-order valence-electron chi connectivity index (χ0n) is 18.6. The highest BCUT2D eigenvalue weighted by atomic mass is 16.6. The summed E-state index contributed by atoms with van der Waals surface area (Å²) in [6.45, 7) is 7.54. The molecule has 0 fully saturated rings. The lowest BCUT2D eigenvalue weighted by Crippen LogP contribution is -2.32. The monoisotopic (exact) mass is 433 g/mol. The van der Waals surface area contributed by atoms with Crippen LogP contribution < -0.4 is 15.4 Å². The van der Waals surface area contributed by atoms with Crippen molar-refractivity contribution in [3.05, 3.63) is 83.6 Å². The second kappa shape index (κ2) is 9.96. The predicted octanol–water partition coefficient (Wildman–Crippen LogP) is 5.46. The molecule has 0 radical (unpaired) electrons. The minimum absolute atomic E-state index is 0.235. The molecule has 2 amide bonds. The van der Waals surface area contributed by atoms with Gasteiger partial charge in [-0.25, -0.2) is 9.78 Å². The van der Waals surface area contributed by atoms with Gasteiger partial charge in [0, 0.05) is 29.6 Å². The molecule has 3 rings (SSSR count). The molecule has 0 saturated heterocycles. The molecule has 1 heterocycles.